The van der Waals surface area contributed by atoms with Gasteiger partial charge < -0.3 is 4.90 Å². The van der Waals surface area contributed by atoms with Gasteiger partial charge in [-0.3, -0.25) is 9.52 Å². The summed E-state index contributed by atoms with van der Waals surface area (Å²) in [6, 6.07) is 5.50. The van der Waals surface area contributed by atoms with Crippen molar-refractivity contribution in [3.8, 4) is 0 Å². The summed E-state index contributed by atoms with van der Waals surface area (Å²) in [6.45, 7) is 5.03. The number of likely N-dealkylation sites (tertiary alicyclic amines) is 1. The molecule has 0 radical (unpaired) electrons. The Kier molecular flexibility index (Phi) is 4.85. The van der Waals surface area contributed by atoms with E-state index in [1.165, 1.54) is 29.0 Å². The molecule has 134 valence electrons. The monoisotopic (exact) mass is 364 g/mol. The molecule has 0 aliphatic carbocycles. The van der Waals surface area contributed by atoms with Gasteiger partial charge in [-0.1, -0.05) is 26.0 Å². The van der Waals surface area contributed by atoms with Gasteiger partial charge in [-0.25, -0.2) is 0 Å². The highest BCUT2D eigenvalue weighted by atomic mass is 32.2. The van der Waals surface area contributed by atoms with E-state index >= 15 is 0 Å². The van der Waals surface area contributed by atoms with Crippen LogP contribution in [0, 0.1) is 5.41 Å². The van der Waals surface area contributed by atoms with Gasteiger partial charge in [0.05, 0.1) is 0 Å². The maximum atomic E-state index is 12.3. The van der Waals surface area contributed by atoms with Gasteiger partial charge in [-0.15, -0.1) is 0 Å². The number of benzene rings is 1. The van der Waals surface area contributed by atoms with Gasteiger partial charge in [0, 0.05) is 25.2 Å². The van der Waals surface area contributed by atoms with Crippen LogP contribution in [0.15, 0.2) is 24.3 Å². The lowest BCUT2D eigenvalue weighted by Gasteiger charge is -2.36. The van der Waals surface area contributed by atoms with Crippen LogP contribution in [-0.4, -0.2) is 31.3 Å². The fourth-order valence-electron chi connectivity index (χ4n) is 2.45. The van der Waals surface area contributed by atoms with Crippen molar-refractivity contribution in [2.24, 2.45) is 5.41 Å². The van der Waals surface area contributed by atoms with E-state index in [-0.39, 0.29) is 17.0 Å². The van der Waals surface area contributed by atoms with E-state index in [4.69, 9.17) is 0 Å². The van der Waals surface area contributed by atoms with E-state index in [1.54, 1.807) is 4.90 Å². The van der Waals surface area contributed by atoms with Crippen molar-refractivity contribution in [2.75, 3.05) is 11.3 Å². The van der Waals surface area contributed by atoms with Crippen LogP contribution in [0.5, 0.6) is 0 Å². The maximum Gasteiger partial charge on any atom is 0.516 e. The quantitative estimate of drug-likeness (QED) is 0.893. The summed E-state index contributed by atoms with van der Waals surface area (Å²) in [4.78, 5) is 13.8. The predicted molar refractivity (Wildman–Crippen MR) is 83.5 cm³/mol. The Morgan fingerprint density at radius 1 is 1.21 bits per heavy atom. The first-order valence-corrected chi connectivity index (χ1v) is 8.84. The molecule has 0 bridgehead atoms. The highest BCUT2D eigenvalue weighted by Crippen LogP contribution is 2.31. The summed E-state index contributed by atoms with van der Waals surface area (Å²) in [5.74, 6) is 0.0353. The van der Waals surface area contributed by atoms with Gasteiger partial charge in [0.2, 0.25) is 5.91 Å². The average Bonchev–Trinajstić information content (AvgIpc) is 2.42. The lowest BCUT2D eigenvalue weighted by Crippen LogP contribution is -2.41. The van der Waals surface area contributed by atoms with Gasteiger partial charge in [0.15, 0.2) is 0 Å². The number of nitrogens with one attached hydrogen (secondary N) is 1. The molecule has 0 atom stereocenters. The number of sulfonamides is 1. The van der Waals surface area contributed by atoms with Gasteiger partial charge in [-0.05, 0) is 29.5 Å². The van der Waals surface area contributed by atoms with Crippen LogP contribution in [0.3, 0.4) is 0 Å². The molecule has 1 aromatic rings. The lowest BCUT2D eigenvalue weighted by molar-refractivity contribution is -0.137. The third kappa shape index (κ3) is 4.40. The second-order valence-electron chi connectivity index (χ2n) is 6.65. The highest BCUT2D eigenvalue weighted by Gasteiger charge is 2.46. The molecule has 9 heteroatoms. The maximum absolute atomic E-state index is 12.3. The Labute approximate surface area is 138 Å². The lowest BCUT2D eigenvalue weighted by atomic mass is 9.82. The Bertz CT molecular complexity index is 712. The number of amides is 1. The van der Waals surface area contributed by atoms with Gasteiger partial charge >= 0.3 is 15.5 Å². The molecule has 1 aromatic carbocycles. The number of anilines is 1. The first-order valence-electron chi connectivity index (χ1n) is 7.35. The highest BCUT2D eigenvalue weighted by molar-refractivity contribution is 7.93. The molecule has 1 fully saturated rings. The minimum Gasteiger partial charge on any atom is -0.338 e. The number of halogens is 3. The number of carbonyl (C=O) groups excluding carboxylic acids is 1. The molecule has 1 aliphatic heterocycles. The largest absolute Gasteiger partial charge is 0.516 e. The normalized spacial score (nSPS) is 18.5. The Morgan fingerprint density at radius 3 is 2.29 bits per heavy atom. The number of rotatable bonds is 4. The van der Waals surface area contributed by atoms with E-state index in [0.717, 1.165) is 12.0 Å². The molecule has 1 amide bonds. The fraction of sp³-hybridized carbons (Fsp3) is 0.533. The van der Waals surface area contributed by atoms with E-state index < -0.39 is 15.5 Å². The number of piperidine rings is 1. The Hall–Kier alpha value is -1.77. The van der Waals surface area contributed by atoms with Crippen LogP contribution in [0.4, 0.5) is 18.9 Å². The van der Waals surface area contributed by atoms with Crippen molar-refractivity contribution in [3.05, 3.63) is 29.8 Å². The van der Waals surface area contributed by atoms with Crippen molar-refractivity contribution >= 4 is 21.6 Å². The minimum atomic E-state index is -5.43. The summed E-state index contributed by atoms with van der Waals surface area (Å²) in [5.41, 5.74) is -4.84. The van der Waals surface area contributed by atoms with Crippen LogP contribution in [0.2, 0.25) is 0 Å². The number of hydrogen-bond donors (Lipinski definition) is 1. The van der Waals surface area contributed by atoms with Crippen molar-refractivity contribution in [3.63, 3.8) is 0 Å². The molecule has 0 aromatic heterocycles. The van der Waals surface area contributed by atoms with Crippen LogP contribution < -0.4 is 4.72 Å². The molecular weight excluding hydrogens is 345 g/mol. The molecule has 24 heavy (non-hydrogen) atoms. The molecule has 0 unspecified atom stereocenters. The zero-order valence-electron chi connectivity index (χ0n) is 13.4. The smallest absolute Gasteiger partial charge is 0.338 e. The minimum absolute atomic E-state index is 0.0205. The van der Waals surface area contributed by atoms with E-state index in [1.807, 2.05) is 13.8 Å². The Balaban J connectivity index is 2.02. The van der Waals surface area contributed by atoms with Gasteiger partial charge in [0.25, 0.3) is 0 Å². The van der Waals surface area contributed by atoms with E-state index in [9.17, 15) is 26.4 Å². The third-order valence-corrected chi connectivity index (χ3v) is 5.04. The first kappa shape index (κ1) is 18.6. The topological polar surface area (TPSA) is 66.5 Å². The third-order valence-electron chi connectivity index (χ3n) is 3.93. The average molecular weight is 364 g/mol. The summed E-state index contributed by atoms with van der Waals surface area (Å²) >= 11 is 0. The zero-order valence-corrected chi connectivity index (χ0v) is 14.2. The number of nitrogens with zero attached hydrogens (tertiary/aromatic N) is 1. The van der Waals surface area contributed by atoms with E-state index in [0.29, 0.717) is 19.5 Å². The fourth-order valence-corrected chi connectivity index (χ4v) is 3.01. The number of alkyl halides is 3. The van der Waals surface area contributed by atoms with Crippen molar-refractivity contribution < 1.29 is 26.4 Å². The molecule has 0 saturated carbocycles. The SMILES string of the molecule is CC1(C)CCN(Cc2ccc(NS(=O)(=O)C(F)(F)F)cc2)C(=O)C1. The summed E-state index contributed by atoms with van der Waals surface area (Å²) in [5, 5.41) is 0. The molecule has 5 nitrogen and oxygen atoms in total. The Morgan fingerprint density at radius 2 is 1.79 bits per heavy atom. The number of hydrogen-bond acceptors (Lipinski definition) is 3. The number of carbonyl (C=O) groups is 1. The first-order chi connectivity index (χ1) is 10.9. The van der Waals surface area contributed by atoms with Gasteiger partial charge in [-0.2, -0.15) is 21.6 Å². The van der Waals surface area contributed by atoms with E-state index in [2.05, 4.69) is 0 Å². The second-order valence-corrected chi connectivity index (χ2v) is 8.33. The molecule has 2 rings (SSSR count). The van der Waals surface area contributed by atoms with Crippen LogP contribution in [0.25, 0.3) is 0 Å². The zero-order chi connectivity index (χ0) is 18.2. The van der Waals surface area contributed by atoms with Crippen LogP contribution in [0.1, 0.15) is 32.3 Å². The molecule has 0 spiro atoms. The molecule has 1 saturated heterocycles. The van der Waals surface area contributed by atoms with Crippen molar-refractivity contribution in [1.82, 2.24) is 4.90 Å². The van der Waals surface area contributed by atoms with Crippen LogP contribution >= 0.6 is 0 Å². The molecule has 1 N–H and O–H groups in total. The second kappa shape index (κ2) is 6.27. The van der Waals surface area contributed by atoms with Crippen molar-refractivity contribution in [1.29, 1.82) is 0 Å². The summed E-state index contributed by atoms with van der Waals surface area (Å²) in [7, 11) is -5.43. The molecule has 1 heterocycles. The van der Waals surface area contributed by atoms with Gasteiger partial charge in [0.1, 0.15) is 0 Å². The summed E-state index contributed by atoms with van der Waals surface area (Å²) < 4.78 is 60.5. The molecule has 1 aliphatic rings. The molecular formula is C15H19F3N2O3S. The standard InChI is InChI=1S/C15H19F3N2O3S/c1-14(2)7-8-20(13(21)9-14)10-11-3-5-12(6-4-11)19-24(22,23)15(16,17)18/h3-6,19H,7-10H2,1-2H3. The van der Waals surface area contributed by atoms with Crippen molar-refractivity contribution in [2.45, 2.75) is 38.7 Å². The predicted octanol–water partition coefficient (Wildman–Crippen LogP) is 3.10. The summed E-state index contributed by atoms with van der Waals surface area (Å²) in [6.07, 6.45) is 1.33. The van der Waals surface area contributed by atoms with Crippen LogP contribution in [-0.2, 0) is 21.4 Å².